The summed E-state index contributed by atoms with van der Waals surface area (Å²) in [6.45, 7) is 0. The Kier molecular flexibility index (Phi) is 9.07. The summed E-state index contributed by atoms with van der Waals surface area (Å²) in [6, 6.07) is 83.3. The summed E-state index contributed by atoms with van der Waals surface area (Å²) in [5.74, 6) is 0. The second-order valence-corrected chi connectivity index (χ2v) is 13.6. The SMILES string of the molecule is c1ccc(-c2ccc(-c3ccc(-c4ccc(-c5ccccc5)c(-c5ccccc5)c4-c4ccccc4)cc3)c(-c3ccccc3)c2-c2ccccc2)cc1. The summed E-state index contributed by atoms with van der Waals surface area (Å²) in [5.41, 5.74) is 19.4. The van der Waals surface area contributed by atoms with E-state index in [2.05, 4.69) is 231 Å². The van der Waals surface area contributed by atoms with Crippen molar-refractivity contribution in [3.63, 3.8) is 0 Å². The molecule has 0 atom stereocenters. The summed E-state index contributed by atoms with van der Waals surface area (Å²) in [5, 5.41) is 0. The Bertz CT molecular complexity index is 2440. The molecule has 0 aliphatic rings. The molecule has 9 aromatic carbocycles. The minimum atomic E-state index is 1.18. The molecule has 0 aliphatic carbocycles. The van der Waals surface area contributed by atoms with Gasteiger partial charge in [-0.25, -0.2) is 0 Å². The molecule has 0 N–H and O–H groups in total. The molecule has 0 heteroatoms. The maximum absolute atomic E-state index is 2.31. The zero-order valence-corrected chi connectivity index (χ0v) is 29.9. The topological polar surface area (TPSA) is 0 Å². The van der Waals surface area contributed by atoms with Gasteiger partial charge in [-0.15, -0.1) is 0 Å². The molecule has 0 spiro atoms. The summed E-state index contributed by atoms with van der Waals surface area (Å²) in [7, 11) is 0. The lowest BCUT2D eigenvalue weighted by molar-refractivity contribution is 1.53. The van der Waals surface area contributed by atoms with Gasteiger partial charge in [0.05, 0.1) is 0 Å². The first-order valence-electron chi connectivity index (χ1n) is 18.6. The van der Waals surface area contributed by atoms with Gasteiger partial charge in [0.1, 0.15) is 0 Å². The van der Waals surface area contributed by atoms with Gasteiger partial charge >= 0.3 is 0 Å². The normalized spacial score (nSPS) is 11.0. The van der Waals surface area contributed by atoms with Crippen molar-refractivity contribution in [1.82, 2.24) is 0 Å². The third-order valence-corrected chi connectivity index (χ3v) is 10.3. The molecule has 0 saturated heterocycles. The molecule has 0 unspecified atom stereocenters. The monoisotopic (exact) mass is 686 g/mol. The van der Waals surface area contributed by atoms with Crippen molar-refractivity contribution in [2.24, 2.45) is 0 Å². The Morgan fingerprint density at radius 1 is 0.130 bits per heavy atom. The van der Waals surface area contributed by atoms with Crippen molar-refractivity contribution in [2.45, 2.75) is 0 Å². The molecular formula is C54H38. The van der Waals surface area contributed by atoms with Crippen LogP contribution in [0.25, 0.3) is 89.0 Å². The molecule has 0 saturated carbocycles. The van der Waals surface area contributed by atoms with Gasteiger partial charge in [0, 0.05) is 0 Å². The van der Waals surface area contributed by atoms with E-state index in [0.29, 0.717) is 0 Å². The van der Waals surface area contributed by atoms with Gasteiger partial charge < -0.3 is 0 Å². The van der Waals surface area contributed by atoms with Crippen LogP contribution in [0.2, 0.25) is 0 Å². The quantitative estimate of drug-likeness (QED) is 0.149. The Hall–Kier alpha value is -7.02. The Labute approximate surface area is 318 Å². The van der Waals surface area contributed by atoms with Crippen LogP contribution in [0.3, 0.4) is 0 Å². The van der Waals surface area contributed by atoms with Crippen LogP contribution in [0.1, 0.15) is 0 Å². The van der Waals surface area contributed by atoms with Gasteiger partial charge in [0.25, 0.3) is 0 Å². The number of benzene rings is 9. The van der Waals surface area contributed by atoms with Crippen molar-refractivity contribution in [2.75, 3.05) is 0 Å². The van der Waals surface area contributed by atoms with Crippen molar-refractivity contribution >= 4 is 0 Å². The van der Waals surface area contributed by atoms with Crippen LogP contribution in [0.4, 0.5) is 0 Å². The van der Waals surface area contributed by atoms with Crippen LogP contribution in [0, 0.1) is 0 Å². The van der Waals surface area contributed by atoms with Gasteiger partial charge in [0.15, 0.2) is 0 Å². The van der Waals surface area contributed by atoms with E-state index in [0.717, 1.165) is 0 Å². The third-order valence-electron chi connectivity index (χ3n) is 10.3. The minimum absolute atomic E-state index is 1.18. The maximum Gasteiger partial charge on any atom is -0.00206 e. The van der Waals surface area contributed by atoms with Crippen molar-refractivity contribution in [3.05, 3.63) is 231 Å². The molecule has 0 heterocycles. The second kappa shape index (κ2) is 14.9. The van der Waals surface area contributed by atoms with Crippen LogP contribution in [0.15, 0.2) is 231 Å². The average molecular weight is 687 g/mol. The minimum Gasteiger partial charge on any atom is -0.0622 e. The molecule has 0 aliphatic heterocycles. The fraction of sp³-hybridized carbons (Fsp3) is 0. The Balaban J connectivity index is 1.26. The molecule has 0 fully saturated rings. The van der Waals surface area contributed by atoms with E-state index in [-0.39, 0.29) is 0 Å². The van der Waals surface area contributed by atoms with Gasteiger partial charge in [-0.05, 0) is 89.0 Å². The molecule has 54 heavy (non-hydrogen) atoms. The van der Waals surface area contributed by atoms with Crippen LogP contribution >= 0.6 is 0 Å². The van der Waals surface area contributed by atoms with E-state index in [1.807, 2.05) is 0 Å². The van der Waals surface area contributed by atoms with Crippen LogP contribution in [0.5, 0.6) is 0 Å². The van der Waals surface area contributed by atoms with Crippen LogP contribution in [-0.2, 0) is 0 Å². The van der Waals surface area contributed by atoms with Gasteiger partial charge in [0.2, 0.25) is 0 Å². The summed E-state index contributed by atoms with van der Waals surface area (Å²) >= 11 is 0. The summed E-state index contributed by atoms with van der Waals surface area (Å²) in [6.07, 6.45) is 0. The number of hydrogen-bond acceptors (Lipinski definition) is 0. The van der Waals surface area contributed by atoms with E-state index >= 15 is 0 Å². The molecule has 0 nitrogen and oxygen atoms in total. The molecule has 9 aromatic rings. The zero-order valence-electron chi connectivity index (χ0n) is 29.9. The highest BCUT2D eigenvalue weighted by molar-refractivity contribution is 6.03. The predicted octanol–water partition coefficient (Wildman–Crippen LogP) is 15.0. The van der Waals surface area contributed by atoms with E-state index in [1.165, 1.54) is 89.0 Å². The standard InChI is InChI=1S/C54H38/c1-7-19-39(20-8-1)47-35-37-49(53(45-27-15-5-16-28-45)51(47)43-23-11-3-12-24-43)41-31-33-42(34-32-41)50-38-36-48(40-21-9-2-10-22-40)52(44-25-13-4-14-26-44)54(50)46-29-17-6-18-30-46/h1-38H. The van der Waals surface area contributed by atoms with Crippen molar-refractivity contribution < 1.29 is 0 Å². The number of hydrogen-bond donors (Lipinski definition) is 0. The van der Waals surface area contributed by atoms with Gasteiger partial charge in [-0.1, -0.05) is 231 Å². The van der Waals surface area contributed by atoms with E-state index in [1.54, 1.807) is 0 Å². The largest absolute Gasteiger partial charge is 0.0622 e. The Morgan fingerprint density at radius 3 is 0.500 bits per heavy atom. The summed E-state index contributed by atoms with van der Waals surface area (Å²) in [4.78, 5) is 0. The zero-order chi connectivity index (χ0) is 36.1. The highest BCUT2D eigenvalue weighted by Gasteiger charge is 2.21. The smallest absolute Gasteiger partial charge is 0.00206 e. The van der Waals surface area contributed by atoms with E-state index < -0.39 is 0 Å². The fourth-order valence-electron chi connectivity index (χ4n) is 7.85. The highest BCUT2D eigenvalue weighted by atomic mass is 14.2. The van der Waals surface area contributed by atoms with Crippen molar-refractivity contribution in [3.8, 4) is 89.0 Å². The molecule has 0 radical (unpaired) electrons. The van der Waals surface area contributed by atoms with Crippen LogP contribution < -0.4 is 0 Å². The van der Waals surface area contributed by atoms with Gasteiger partial charge in [-0.3, -0.25) is 0 Å². The first-order valence-corrected chi connectivity index (χ1v) is 18.6. The molecule has 0 bridgehead atoms. The van der Waals surface area contributed by atoms with Gasteiger partial charge in [-0.2, -0.15) is 0 Å². The lowest BCUT2D eigenvalue weighted by Gasteiger charge is -2.22. The second-order valence-electron chi connectivity index (χ2n) is 13.6. The molecular weight excluding hydrogens is 649 g/mol. The lowest BCUT2D eigenvalue weighted by atomic mass is 9.81. The molecule has 0 amide bonds. The average Bonchev–Trinajstić information content (AvgIpc) is 3.27. The van der Waals surface area contributed by atoms with E-state index in [9.17, 15) is 0 Å². The molecule has 254 valence electrons. The maximum atomic E-state index is 2.31. The first-order chi connectivity index (χ1) is 26.8. The summed E-state index contributed by atoms with van der Waals surface area (Å²) < 4.78 is 0. The first kappa shape index (κ1) is 32.9. The predicted molar refractivity (Wildman–Crippen MR) is 230 cm³/mol. The molecule has 0 aromatic heterocycles. The Morgan fingerprint density at radius 2 is 0.296 bits per heavy atom. The van der Waals surface area contributed by atoms with E-state index in [4.69, 9.17) is 0 Å². The number of rotatable bonds is 8. The lowest BCUT2D eigenvalue weighted by Crippen LogP contribution is -1.95. The third kappa shape index (κ3) is 6.36. The van der Waals surface area contributed by atoms with Crippen molar-refractivity contribution in [1.29, 1.82) is 0 Å². The fourth-order valence-corrected chi connectivity index (χ4v) is 7.85. The highest BCUT2D eigenvalue weighted by Crippen LogP contribution is 2.48. The molecule has 9 rings (SSSR count). The van der Waals surface area contributed by atoms with Crippen LogP contribution in [-0.4, -0.2) is 0 Å².